The van der Waals surface area contributed by atoms with E-state index < -0.39 is 0 Å². The van der Waals surface area contributed by atoms with Crippen LogP contribution in [0.15, 0.2) is 66.1 Å². The van der Waals surface area contributed by atoms with Crippen LogP contribution in [0.4, 0.5) is 5.69 Å². The Morgan fingerprint density at radius 3 is 2.79 bits per heavy atom. The summed E-state index contributed by atoms with van der Waals surface area (Å²) in [6, 6.07) is 5.72. The second-order valence-corrected chi connectivity index (χ2v) is 7.74. The maximum Gasteiger partial charge on any atom is 0.224 e. The minimum Gasteiger partial charge on any atom is -0.472 e. The number of fused-ring (bicyclic) bond motifs is 2. The molecule has 1 amide bonds. The molecule has 0 aliphatic rings. The van der Waals surface area contributed by atoms with E-state index in [4.69, 9.17) is 9.40 Å². The highest BCUT2D eigenvalue weighted by Crippen LogP contribution is 2.32. The van der Waals surface area contributed by atoms with E-state index in [1.54, 1.807) is 50.4 Å². The first-order valence-corrected chi connectivity index (χ1v) is 10.7. The van der Waals surface area contributed by atoms with Crippen LogP contribution >= 0.6 is 0 Å². The molecule has 3 N–H and O–H groups in total. The predicted molar refractivity (Wildman–Crippen MR) is 127 cm³/mol. The topological polar surface area (TPSA) is 138 Å². The number of anilines is 1. The highest BCUT2D eigenvalue weighted by molar-refractivity contribution is 5.97. The summed E-state index contributed by atoms with van der Waals surface area (Å²) in [7, 11) is 0. The van der Waals surface area contributed by atoms with Gasteiger partial charge in [-0.1, -0.05) is 6.92 Å². The van der Waals surface area contributed by atoms with Gasteiger partial charge in [0.2, 0.25) is 5.91 Å². The van der Waals surface area contributed by atoms with Crippen LogP contribution in [0.1, 0.15) is 13.3 Å². The molecule has 0 aliphatic carbocycles. The largest absolute Gasteiger partial charge is 0.472 e. The second kappa shape index (κ2) is 7.93. The standard InChI is InChI=1S/C24H18N8O2/c1-2-20(33)28-16-5-14(7-25-9-16)15-6-17-22(31-32-23(17)27-8-15)24-29-19-11-26-10-18(21(19)30-24)13-3-4-34-12-13/h3-12H,2H2,1H3,(H,28,33)(H,29,30)(H,27,31,32). The number of nitrogens with one attached hydrogen (secondary N) is 3. The molecular formula is C24H18N8O2. The van der Waals surface area contributed by atoms with E-state index in [-0.39, 0.29) is 5.91 Å². The van der Waals surface area contributed by atoms with Gasteiger partial charge in [0.15, 0.2) is 11.5 Å². The molecule has 0 unspecified atom stereocenters. The summed E-state index contributed by atoms with van der Waals surface area (Å²) in [6.07, 6.45) is 12.3. The number of hydrogen-bond donors (Lipinski definition) is 3. The maximum absolute atomic E-state index is 11.8. The molecule has 0 aromatic carbocycles. The highest BCUT2D eigenvalue weighted by atomic mass is 16.3. The Morgan fingerprint density at radius 1 is 1.06 bits per heavy atom. The Morgan fingerprint density at radius 2 is 1.94 bits per heavy atom. The zero-order chi connectivity index (χ0) is 23.1. The van der Waals surface area contributed by atoms with Crippen molar-refractivity contribution in [2.45, 2.75) is 13.3 Å². The van der Waals surface area contributed by atoms with Crippen molar-refractivity contribution in [2.24, 2.45) is 0 Å². The van der Waals surface area contributed by atoms with Crippen molar-refractivity contribution in [3.05, 3.63) is 61.7 Å². The molecule has 0 spiro atoms. The van der Waals surface area contributed by atoms with Gasteiger partial charge in [0.1, 0.15) is 11.2 Å². The van der Waals surface area contributed by atoms with E-state index in [1.807, 2.05) is 18.2 Å². The highest BCUT2D eigenvalue weighted by Gasteiger charge is 2.17. The van der Waals surface area contributed by atoms with Gasteiger partial charge in [-0.2, -0.15) is 5.10 Å². The fourth-order valence-electron chi connectivity index (χ4n) is 3.83. The molecule has 0 aliphatic heterocycles. The summed E-state index contributed by atoms with van der Waals surface area (Å²) in [6.45, 7) is 1.80. The molecule has 0 saturated heterocycles. The van der Waals surface area contributed by atoms with Crippen molar-refractivity contribution in [3.8, 4) is 33.8 Å². The Kier molecular flexibility index (Phi) is 4.61. The van der Waals surface area contributed by atoms with E-state index in [1.165, 1.54) is 0 Å². The third-order valence-electron chi connectivity index (χ3n) is 5.54. The van der Waals surface area contributed by atoms with E-state index in [0.29, 0.717) is 29.3 Å². The van der Waals surface area contributed by atoms with Gasteiger partial charge in [-0.05, 0) is 18.2 Å². The van der Waals surface area contributed by atoms with Crippen LogP contribution in [0.5, 0.6) is 0 Å². The van der Waals surface area contributed by atoms with Gasteiger partial charge in [0.05, 0.1) is 41.5 Å². The molecule has 6 aromatic rings. The Balaban J connectivity index is 1.43. The van der Waals surface area contributed by atoms with Gasteiger partial charge in [0, 0.05) is 47.3 Å². The molecule has 0 atom stereocenters. The smallest absolute Gasteiger partial charge is 0.224 e. The molecule has 6 aromatic heterocycles. The molecule has 0 saturated carbocycles. The zero-order valence-corrected chi connectivity index (χ0v) is 18.0. The minimum absolute atomic E-state index is 0.0705. The first kappa shape index (κ1) is 19.8. The summed E-state index contributed by atoms with van der Waals surface area (Å²) in [4.78, 5) is 33.0. The molecule has 0 radical (unpaired) electrons. The summed E-state index contributed by atoms with van der Waals surface area (Å²) in [5.41, 5.74) is 6.90. The third kappa shape index (κ3) is 3.37. The lowest BCUT2D eigenvalue weighted by molar-refractivity contribution is -0.115. The van der Waals surface area contributed by atoms with E-state index >= 15 is 0 Å². The summed E-state index contributed by atoms with van der Waals surface area (Å²) in [5, 5.41) is 11.1. The minimum atomic E-state index is -0.0705. The first-order valence-electron chi connectivity index (χ1n) is 10.7. The lowest BCUT2D eigenvalue weighted by Crippen LogP contribution is -2.09. The number of carbonyl (C=O) groups is 1. The number of rotatable bonds is 5. The fourth-order valence-corrected chi connectivity index (χ4v) is 3.83. The third-order valence-corrected chi connectivity index (χ3v) is 5.54. The Labute approximate surface area is 192 Å². The molecule has 34 heavy (non-hydrogen) atoms. The van der Waals surface area contributed by atoms with Crippen LogP contribution in [0, 0.1) is 0 Å². The normalized spacial score (nSPS) is 11.3. The van der Waals surface area contributed by atoms with Gasteiger partial charge >= 0.3 is 0 Å². The quantitative estimate of drug-likeness (QED) is 0.350. The van der Waals surface area contributed by atoms with Crippen LogP contribution in [-0.4, -0.2) is 41.0 Å². The average Bonchev–Trinajstić information content (AvgIpc) is 3.62. The molecule has 6 heterocycles. The number of aromatic amines is 2. The number of pyridine rings is 3. The predicted octanol–water partition coefficient (Wildman–Crippen LogP) is 4.57. The van der Waals surface area contributed by atoms with Gasteiger partial charge in [0.25, 0.3) is 0 Å². The van der Waals surface area contributed by atoms with Gasteiger partial charge < -0.3 is 14.7 Å². The van der Waals surface area contributed by atoms with Crippen LogP contribution in [-0.2, 0) is 4.79 Å². The van der Waals surface area contributed by atoms with E-state index in [9.17, 15) is 4.79 Å². The Bertz CT molecular complexity index is 1650. The summed E-state index contributed by atoms with van der Waals surface area (Å²) >= 11 is 0. The second-order valence-electron chi connectivity index (χ2n) is 7.74. The van der Waals surface area contributed by atoms with Crippen molar-refractivity contribution in [1.82, 2.24) is 35.1 Å². The molecule has 6 rings (SSSR count). The molecule has 10 heteroatoms. The van der Waals surface area contributed by atoms with Crippen LogP contribution in [0.25, 0.3) is 55.8 Å². The number of aromatic nitrogens is 7. The number of H-pyrrole nitrogens is 2. The first-order chi connectivity index (χ1) is 16.7. The molecule has 10 nitrogen and oxygen atoms in total. The summed E-state index contributed by atoms with van der Waals surface area (Å²) in [5.74, 6) is 0.527. The van der Waals surface area contributed by atoms with Crippen molar-refractivity contribution in [1.29, 1.82) is 0 Å². The van der Waals surface area contributed by atoms with E-state index in [0.717, 1.165) is 38.7 Å². The number of nitrogens with zero attached hydrogens (tertiary/aromatic N) is 5. The van der Waals surface area contributed by atoms with Gasteiger partial charge in [-0.3, -0.25) is 19.9 Å². The molecular weight excluding hydrogens is 432 g/mol. The number of hydrogen-bond acceptors (Lipinski definition) is 7. The lowest BCUT2D eigenvalue weighted by Gasteiger charge is -2.06. The molecule has 166 valence electrons. The zero-order valence-electron chi connectivity index (χ0n) is 18.0. The number of imidazole rings is 1. The van der Waals surface area contributed by atoms with Gasteiger partial charge in [-0.15, -0.1) is 0 Å². The maximum atomic E-state index is 11.8. The summed E-state index contributed by atoms with van der Waals surface area (Å²) < 4.78 is 5.23. The van der Waals surface area contributed by atoms with Crippen LogP contribution < -0.4 is 5.32 Å². The lowest BCUT2D eigenvalue weighted by atomic mass is 10.1. The van der Waals surface area contributed by atoms with Crippen LogP contribution in [0.2, 0.25) is 0 Å². The van der Waals surface area contributed by atoms with E-state index in [2.05, 4.69) is 35.5 Å². The molecule has 0 bridgehead atoms. The molecule has 0 fully saturated rings. The van der Waals surface area contributed by atoms with Crippen molar-refractivity contribution >= 4 is 33.7 Å². The SMILES string of the molecule is CCC(=O)Nc1cncc(-c2cnc3[nH]nc(-c4nc5c(-c6ccoc6)cncc5[nH]4)c3c2)c1. The fraction of sp³-hybridized carbons (Fsp3) is 0.0833. The number of amides is 1. The number of carbonyl (C=O) groups excluding carboxylic acids is 1. The van der Waals surface area contributed by atoms with Crippen molar-refractivity contribution in [3.63, 3.8) is 0 Å². The monoisotopic (exact) mass is 450 g/mol. The van der Waals surface area contributed by atoms with Crippen molar-refractivity contribution in [2.75, 3.05) is 5.32 Å². The van der Waals surface area contributed by atoms with Gasteiger partial charge in [-0.25, -0.2) is 9.97 Å². The van der Waals surface area contributed by atoms with Crippen molar-refractivity contribution < 1.29 is 9.21 Å². The average molecular weight is 450 g/mol. The number of furan rings is 1. The van der Waals surface area contributed by atoms with Crippen LogP contribution in [0.3, 0.4) is 0 Å². The Hall–Kier alpha value is -4.86.